The second kappa shape index (κ2) is 12.5. The molecule has 0 bridgehead atoms. The fourth-order valence-corrected chi connectivity index (χ4v) is 5.51. The third kappa shape index (κ3) is 7.62. The highest BCUT2D eigenvalue weighted by Crippen LogP contribution is 2.33. The Morgan fingerprint density at radius 3 is 2.15 bits per heavy atom. The largest absolute Gasteiger partial charge is 0.416 e. The summed E-state index contributed by atoms with van der Waals surface area (Å²) in [7, 11) is -4.47. The molecule has 0 aliphatic carbocycles. The van der Waals surface area contributed by atoms with Crippen LogP contribution in [0, 0.1) is 6.92 Å². The molecule has 1 unspecified atom stereocenters. The van der Waals surface area contributed by atoms with Crippen molar-refractivity contribution >= 4 is 27.5 Å². The van der Waals surface area contributed by atoms with Crippen LogP contribution in [-0.4, -0.2) is 43.8 Å². The number of aryl methyl sites for hydroxylation is 1. The summed E-state index contributed by atoms with van der Waals surface area (Å²) in [6, 6.07) is 17.0. The molecule has 3 aromatic carbocycles. The van der Waals surface area contributed by atoms with Gasteiger partial charge in [0.1, 0.15) is 12.6 Å². The van der Waals surface area contributed by atoms with Gasteiger partial charge in [-0.05, 0) is 63.6 Å². The molecule has 1 N–H and O–H groups in total. The molecule has 0 aromatic heterocycles. The van der Waals surface area contributed by atoms with E-state index in [0.717, 1.165) is 17.7 Å². The summed E-state index contributed by atoms with van der Waals surface area (Å²) >= 11 is 0. The second-order valence-electron chi connectivity index (χ2n) is 9.72. The van der Waals surface area contributed by atoms with Gasteiger partial charge in [0.2, 0.25) is 11.8 Å². The number of hydrogen-bond donors (Lipinski definition) is 1. The molecule has 1 atom stereocenters. The molecule has 3 rings (SSSR count). The number of carbonyl (C=O) groups excluding carboxylic acids is 2. The highest BCUT2D eigenvalue weighted by molar-refractivity contribution is 7.92. The van der Waals surface area contributed by atoms with E-state index in [0.29, 0.717) is 15.9 Å². The summed E-state index contributed by atoms with van der Waals surface area (Å²) in [5.74, 6) is -1.21. The standard InChI is InChI=1S/C29H32F3N3O4S/c1-20(2)33-28(37)22(4)34(18-23-11-8-10-21(3)16-23)27(36)19-35(40(38,39)26-14-6-5-7-15-26)25-13-9-12-24(17-25)29(30,31)32/h5-17,20,22H,18-19H2,1-4H3,(H,33,37). The van der Waals surface area contributed by atoms with Gasteiger partial charge in [-0.2, -0.15) is 13.2 Å². The molecule has 0 aliphatic rings. The molecule has 40 heavy (non-hydrogen) atoms. The van der Waals surface area contributed by atoms with Crippen LogP contribution in [0.25, 0.3) is 0 Å². The number of nitrogens with zero attached hydrogens (tertiary/aromatic N) is 2. The number of rotatable bonds is 10. The summed E-state index contributed by atoms with van der Waals surface area (Å²) in [5.41, 5.74) is 0.226. The minimum atomic E-state index is -4.73. The minimum absolute atomic E-state index is 0.0188. The van der Waals surface area contributed by atoms with E-state index in [-0.39, 0.29) is 23.2 Å². The van der Waals surface area contributed by atoms with Gasteiger partial charge < -0.3 is 10.2 Å². The zero-order valence-electron chi connectivity index (χ0n) is 22.6. The predicted molar refractivity (Wildman–Crippen MR) is 147 cm³/mol. The van der Waals surface area contributed by atoms with E-state index in [1.807, 2.05) is 19.1 Å². The first kappa shape index (κ1) is 30.7. The molecule has 11 heteroatoms. The summed E-state index contributed by atoms with van der Waals surface area (Å²) < 4.78 is 68.6. The lowest BCUT2D eigenvalue weighted by molar-refractivity contribution is -0.139. The number of alkyl halides is 3. The van der Waals surface area contributed by atoms with Gasteiger partial charge in [-0.3, -0.25) is 13.9 Å². The molecule has 7 nitrogen and oxygen atoms in total. The Labute approximate surface area is 232 Å². The van der Waals surface area contributed by atoms with Crippen molar-refractivity contribution in [3.63, 3.8) is 0 Å². The van der Waals surface area contributed by atoms with Gasteiger partial charge in [-0.15, -0.1) is 0 Å². The Bertz CT molecular complexity index is 1440. The zero-order valence-corrected chi connectivity index (χ0v) is 23.5. The third-order valence-electron chi connectivity index (χ3n) is 6.11. The fourth-order valence-electron chi connectivity index (χ4n) is 4.08. The lowest BCUT2D eigenvalue weighted by Crippen LogP contribution is -2.52. The van der Waals surface area contributed by atoms with Crippen molar-refractivity contribution in [1.82, 2.24) is 10.2 Å². The van der Waals surface area contributed by atoms with Gasteiger partial charge in [0.05, 0.1) is 16.1 Å². The maximum absolute atomic E-state index is 13.8. The molecule has 0 heterocycles. The number of carbonyl (C=O) groups is 2. The van der Waals surface area contributed by atoms with Crippen LogP contribution >= 0.6 is 0 Å². The molecule has 2 amide bonds. The van der Waals surface area contributed by atoms with Crippen LogP contribution in [0.2, 0.25) is 0 Å². The number of hydrogen-bond acceptors (Lipinski definition) is 4. The van der Waals surface area contributed by atoms with Gasteiger partial charge in [0, 0.05) is 12.6 Å². The van der Waals surface area contributed by atoms with Gasteiger partial charge in [-0.1, -0.05) is 54.1 Å². The number of amides is 2. The van der Waals surface area contributed by atoms with E-state index >= 15 is 0 Å². The van der Waals surface area contributed by atoms with Crippen LogP contribution in [0.4, 0.5) is 18.9 Å². The molecule has 0 fully saturated rings. The predicted octanol–water partition coefficient (Wildman–Crippen LogP) is 5.15. The molecule has 0 saturated heterocycles. The van der Waals surface area contributed by atoms with Crippen molar-refractivity contribution in [2.24, 2.45) is 0 Å². The van der Waals surface area contributed by atoms with Crippen LogP contribution in [0.15, 0.2) is 83.8 Å². The van der Waals surface area contributed by atoms with Crippen LogP contribution < -0.4 is 9.62 Å². The zero-order chi connectivity index (χ0) is 29.7. The number of sulfonamides is 1. The van der Waals surface area contributed by atoms with Crippen molar-refractivity contribution in [1.29, 1.82) is 0 Å². The number of halogens is 3. The summed E-state index contributed by atoms with van der Waals surface area (Å²) in [6.45, 7) is 6.06. The molecular formula is C29H32F3N3O4S. The Kier molecular flexibility index (Phi) is 9.62. The van der Waals surface area contributed by atoms with E-state index in [9.17, 15) is 31.2 Å². The van der Waals surface area contributed by atoms with E-state index in [2.05, 4.69) is 5.32 Å². The highest BCUT2D eigenvalue weighted by Gasteiger charge is 2.35. The van der Waals surface area contributed by atoms with E-state index in [1.165, 1.54) is 42.2 Å². The van der Waals surface area contributed by atoms with E-state index < -0.39 is 46.2 Å². The van der Waals surface area contributed by atoms with Gasteiger partial charge in [0.15, 0.2) is 0 Å². The van der Waals surface area contributed by atoms with Crippen LogP contribution in [0.1, 0.15) is 37.5 Å². The quantitative estimate of drug-likeness (QED) is 0.362. The Hall–Kier alpha value is -3.86. The van der Waals surface area contributed by atoms with E-state index in [4.69, 9.17) is 0 Å². The van der Waals surface area contributed by atoms with E-state index in [1.54, 1.807) is 32.0 Å². The molecular weight excluding hydrogens is 543 g/mol. The maximum atomic E-state index is 13.8. The molecule has 0 spiro atoms. The van der Waals surface area contributed by atoms with Gasteiger partial charge in [-0.25, -0.2) is 8.42 Å². The van der Waals surface area contributed by atoms with Crippen molar-refractivity contribution < 1.29 is 31.2 Å². The normalized spacial score (nSPS) is 12.6. The highest BCUT2D eigenvalue weighted by atomic mass is 32.2. The second-order valence-corrected chi connectivity index (χ2v) is 11.6. The molecule has 0 radical (unpaired) electrons. The van der Waals surface area contributed by atoms with Gasteiger partial charge >= 0.3 is 6.18 Å². The monoisotopic (exact) mass is 575 g/mol. The lowest BCUT2D eigenvalue weighted by Gasteiger charge is -2.32. The number of nitrogens with one attached hydrogen (secondary N) is 1. The summed E-state index contributed by atoms with van der Waals surface area (Å²) in [6.07, 6.45) is -4.73. The molecule has 0 aliphatic heterocycles. The van der Waals surface area contributed by atoms with Crippen LogP contribution in [0.3, 0.4) is 0 Å². The first-order valence-corrected chi connectivity index (χ1v) is 14.0. The number of anilines is 1. The van der Waals surface area contributed by atoms with Gasteiger partial charge in [0.25, 0.3) is 10.0 Å². The molecule has 3 aromatic rings. The number of benzene rings is 3. The smallest absolute Gasteiger partial charge is 0.352 e. The van der Waals surface area contributed by atoms with Crippen LogP contribution in [0.5, 0.6) is 0 Å². The van der Waals surface area contributed by atoms with Crippen molar-refractivity contribution in [3.8, 4) is 0 Å². The average Bonchev–Trinajstić information content (AvgIpc) is 2.89. The Morgan fingerprint density at radius 2 is 1.55 bits per heavy atom. The van der Waals surface area contributed by atoms with Crippen molar-refractivity contribution in [3.05, 3.63) is 95.6 Å². The average molecular weight is 576 g/mol. The fraction of sp³-hybridized carbons (Fsp3) is 0.310. The third-order valence-corrected chi connectivity index (χ3v) is 7.89. The lowest BCUT2D eigenvalue weighted by atomic mass is 10.1. The molecule has 0 saturated carbocycles. The SMILES string of the molecule is Cc1cccc(CN(C(=O)CN(c2cccc(C(F)(F)F)c2)S(=O)(=O)c2ccccc2)C(C)C(=O)NC(C)C)c1. The van der Waals surface area contributed by atoms with Crippen molar-refractivity contribution in [2.45, 2.75) is 57.4 Å². The Balaban J connectivity index is 2.08. The van der Waals surface area contributed by atoms with Crippen molar-refractivity contribution in [2.75, 3.05) is 10.8 Å². The minimum Gasteiger partial charge on any atom is -0.352 e. The maximum Gasteiger partial charge on any atom is 0.416 e. The first-order chi connectivity index (χ1) is 18.7. The summed E-state index contributed by atoms with van der Waals surface area (Å²) in [5, 5.41) is 2.75. The molecule has 214 valence electrons. The van der Waals surface area contributed by atoms with Crippen LogP contribution in [-0.2, 0) is 32.3 Å². The first-order valence-electron chi connectivity index (χ1n) is 12.6. The Morgan fingerprint density at radius 1 is 0.900 bits per heavy atom. The topological polar surface area (TPSA) is 86.8 Å². The summed E-state index contributed by atoms with van der Waals surface area (Å²) in [4.78, 5) is 27.8.